The van der Waals surface area contributed by atoms with E-state index in [1.54, 1.807) is 20.8 Å². The Balaban J connectivity index is 3.10. The van der Waals surface area contributed by atoms with Gasteiger partial charge in [0.1, 0.15) is 17.0 Å². The third-order valence-electron chi connectivity index (χ3n) is 1.69. The van der Waals surface area contributed by atoms with Crippen molar-refractivity contribution in [3.63, 3.8) is 0 Å². The van der Waals surface area contributed by atoms with E-state index < -0.39 is 17.4 Å². The van der Waals surface area contributed by atoms with Crippen molar-refractivity contribution < 1.29 is 13.9 Å². The number of carbonyl (C=O) groups excluding carboxylic acids is 1. The first-order chi connectivity index (χ1) is 7.20. The number of nitrogens with two attached hydrogens (primary N) is 1. The van der Waals surface area contributed by atoms with E-state index in [-0.39, 0.29) is 16.3 Å². The molecule has 0 heterocycles. The number of esters is 1. The van der Waals surface area contributed by atoms with Crippen LogP contribution in [0.4, 0.5) is 10.1 Å². The summed E-state index contributed by atoms with van der Waals surface area (Å²) < 4.78 is 18.5. The van der Waals surface area contributed by atoms with Gasteiger partial charge in [0.2, 0.25) is 0 Å². The van der Waals surface area contributed by atoms with E-state index in [0.717, 1.165) is 6.07 Å². The number of hydrogen-bond acceptors (Lipinski definition) is 3. The molecule has 88 valence electrons. The number of halogens is 2. The molecule has 16 heavy (non-hydrogen) atoms. The number of rotatable bonds is 1. The lowest BCUT2D eigenvalue weighted by molar-refractivity contribution is 0.00661. The van der Waals surface area contributed by atoms with Crippen molar-refractivity contribution in [1.29, 1.82) is 0 Å². The minimum absolute atomic E-state index is 0.0285. The summed E-state index contributed by atoms with van der Waals surface area (Å²) in [7, 11) is 0. The van der Waals surface area contributed by atoms with Gasteiger partial charge in [0, 0.05) is 5.02 Å². The van der Waals surface area contributed by atoms with Crippen molar-refractivity contribution in [3.8, 4) is 0 Å². The monoisotopic (exact) mass is 245 g/mol. The number of carbonyl (C=O) groups is 1. The number of ether oxygens (including phenoxy) is 1. The zero-order valence-corrected chi connectivity index (χ0v) is 10.1. The first kappa shape index (κ1) is 12.8. The van der Waals surface area contributed by atoms with Crippen molar-refractivity contribution >= 4 is 23.3 Å². The quantitative estimate of drug-likeness (QED) is 0.611. The Morgan fingerprint density at radius 3 is 2.44 bits per heavy atom. The summed E-state index contributed by atoms with van der Waals surface area (Å²) in [6, 6.07) is 2.33. The van der Waals surface area contributed by atoms with E-state index in [9.17, 15) is 9.18 Å². The maximum atomic E-state index is 13.5. The predicted octanol–water partition coefficient (Wildman–Crippen LogP) is 3.02. The van der Waals surface area contributed by atoms with Crippen LogP contribution in [0.1, 0.15) is 31.1 Å². The largest absolute Gasteiger partial charge is 0.456 e. The predicted molar refractivity (Wildman–Crippen MR) is 61.0 cm³/mol. The average Bonchev–Trinajstić information content (AvgIpc) is 1.96. The lowest BCUT2D eigenvalue weighted by atomic mass is 10.1. The highest BCUT2D eigenvalue weighted by Crippen LogP contribution is 2.24. The molecule has 5 heteroatoms. The summed E-state index contributed by atoms with van der Waals surface area (Å²) in [6.07, 6.45) is 0. The minimum atomic E-state index is -0.792. The zero-order chi connectivity index (χ0) is 12.5. The third kappa shape index (κ3) is 3.10. The van der Waals surface area contributed by atoms with E-state index >= 15 is 0 Å². The van der Waals surface area contributed by atoms with Gasteiger partial charge in [-0.25, -0.2) is 9.18 Å². The van der Waals surface area contributed by atoms with Gasteiger partial charge in [0.05, 0.1) is 5.69 Å². The molecule has 0 amide bonds. The molecule has 0 unspecified atom stereocenters. The first-order valence-electron chi connectivity index (χ1n) is 4.68. The normalized spacial score (nSPS) is 11.3. The maximum Gasteiger partial charge on any atom is 0.343 e. The Bertz CT molecular complexity index is 403. The molecule has 0 aliphatic rings. The molecule has 0 saturated heterocycles. The Hall–Kier alpha value is -1.29. The molecule has 1 aromatic carbocycles. The van der Waals surface area contributed by atoms with Crippen LogP contribution in [0.25, 0.3) is 0 Å². The van der Waals surface area contributed by atoms with Crippen molar-refractivity contribution in [2.75, 3.05) is 5.73 Å². The van der Waals surface area contributed by atoms with E-state index in [0.29, 0.717) is 0 Å². The minimum Gasteiger partial charge on any atom is -0.456 e. The smallest absolute Gasteiger partial charge is 0.343 e. The van der Waals surface area contributed by atoms with Crippen LogP contribution in [0, 0.1) is 5.82 Å². The second-order valence-electron chi connectivity index (χ2n) is 4.35. The fraction of sp³-hybridized carbons (Fsp3) is 0.364. The van der Waals surface area contributed by atoms with E-state index in [2.05, 4.69) is 0 Å². The highest BCUT2D eigenvalue weighted by molar-refractivity contribution is 6.31. The molecular weight excluding hydrogens is 233 g/mol. The summed E-state index contributed by atoms with van der Waals surface area (Å²) >= 11 is 5.59. The van der Waals surface area contributed by atoms with Crippen LogP contribution in [0.15, 0.2) is 12.1 Å². The molecule has 0 aromatic heterocycles. The van der Waals surface area contributed by atoms with Gasteiger partial charge in [-0.2, -0.15) is 0 Å². The highest BCUT2D eigenvalue weighted by atomic mass is 35.5. The molecule has 0 saturated carbocycles. The molecule has 3 nitrogen and oxygen atoms in total. The fourth-order valence-electron chi connectivity index (χ4n) is 1.14. The Morgan fingerprint density at radius 2 is 2.00 bits per heavy atom. The second-order valence-corrected chi connectivity index (χ2v) is 4.79. The van der Waals surface area contributed by atoms with Crippen molar-refractivity contribution in [2.45, 2.75) is 26.4 Å². The summed E-state index contributed by atoms with van der Waals surface area (Å²) in [6.45, 7) is 5.07. The van der Waals surface area contributed by atoms with E-state index in [1.807, 2.05) is 0 Å². The SMILES string of the molecule is CC(C)(C)OC(=O)c1c(N)cc(Cl)cc1F. The molecule has 0 spiro atoms. The van der Waals surface area contributed by atoms with Gasteiger partial charge < -0.3 is 10.5 Å². The Kier molecular flexibility index (Phi) is 3.43. The molecule has 1 aromatic rings. The van der Waals surface area contributed by atoms with Gasteiger partial charge in [0.25, 0.3) is 0 Å². The van der Waals surface area contributed by atoms with Gasteiger partial charge >= 0.3 is 5.97 Å². The van der Waals surface area contributed by atoms with Crippen LogP contribution in [-0.2, 0) is 4.74 Å². The summed E-state index contributed by atoms with van der Waals surface area (Å²) in [5, 5.41) is 0.141. The third-order valence-corrected chi connectivity index (χ3v) is 1.91. The standard InChI is InChI=1S/C11H13ClFNO2/c1-11(2,3)16-10(15)9-7(13)4-6(12)5-8(9)14/h4-5H,14H2,1-3H3. The van der Waals surface area contributed by atoms with Gasteiger partial charge in [-0.15, -0.1) is 0 Å². The van der Waals surface area contributed by atoms with Gasteiger partial charge in [-0.05, 0) is 32.9 Å². The van der Waals surface area contributed by atoms with Crippen molar-refractivity contribution in [2.24, 2.45) is 0 Å². The highest BCUT2D eigenvalue weighted by Gasteiger charge is 2.23. The van der Waals surface area contributed by atoms with Crippen LogP contribution in [0.3, 0.4) is 0 Å². The molecule has 1 rings (SSSR count). The lowest BCUT2D eigenvalue weighted by Crippen LogP contribution is -2.25. The summed E-state index contributed by atoms with van der Waals surface area (Å²) in [4.78, 5) is 11.6. The molecule has 0 aliphatic carbocycles. The Morgan fingerprint density at radius 1 is 1.44 bits per heavy atom. The number of anilines is 1. The molecule has 0 radical (unpaired) electrons. The van der Waals surface area contributed by atoms with Crippen LogP contribution >= 0.6 is 11.6 Å². The zero-order valence-electron chi connectivity index (χ0n) is 9.30. The van der Waals surface area contributed by atoms with Crippen LogP contribution in [-0.4, -0.2) is 11.6 Å². The average molecular weight is 246 g/mol. The van der Waals surface area contributed by atoms with E-state index in [4.69, 9.17) is 22.1 Å². The number of nitrogen functional groups attached to an aromatic ring is 1. The summed E-state index contributed by atoms with van der Waals surface area (Å²) in [5.41, 5.74) is 4.51. The van der Waals surface area contributed by atoms with Crippen LogP contribution < -0.4 is 5.73 Å². The summed E-state index contributed by atoms with van der Waals surface area (Å²) in [5.74, 6) is -1.57. The number of hydrogen-bond donors (Lipinski definition) is 1. The molecular formula is C11H13ClFNO2. The van der Waals surface area contributed by atoms with Crippen molar-refractivity contribution in [1.82, 2.24) is 0 Å². The molecule has 0 fully saturated rings. The van der Waals surface area contributed by atoms with Crippen LogP contribution in [0.2, 0.25) is 5.02 Å². The number of benzene rings is 1. The van der Waals surface area contributed by atoms with Crippen molar-refractivity contribution in [3.05, 3.63) is 28.5 Å². The molecule has 0 bridgehead atoms. The first-order valence-corrected chi connectivity index (χ1v) is 5.06. The molecule has 0 aliphatic heterocycles. The van der Waals surface area contributed by atoms with Crippen LogP contribution in [0.5, 0.6) is 0 Å². The van der Waals surface area contributed by atoms with Gasteiger partial charge in [-0.1, -0.05) is 11.6 Å². The molecule has 2 N–H and O–H groups in total. The van der Waals surface area contributed by atoms with Gasteiger partial charge in [-0.3, -0.25) is 0 Å². The van der Waals surface area contributed by atoms with Gasteiger partial charge in [0.15, 0.2) is 0 Å². The fourth-order valence-corrected chi connectivity index (χ4v) is 1.35. The second kappa shape index (κ2) is 4.29. The molecule has 0 atom stereocenters. The topological polar surface area (TPSA) is 52.3 Å². The van der Waals surface area contributed by atoms with E-state index in [1.165, 1.54) is 6.07 Å². The Labute approximate surface area is 98.3 Å². The maximum absolute atomic E-state index is 13.5. The lowest BCUT2D eigenvalue weighted by Gasteiger charge is -2.20.